The quantitative estimate of drug-likeness (QED) is 0.751. The van der Waals surface area contributed by atoms with Crippen LogP contribution in [0.5, 0.6) is 0 Å². The van der Waals surface area contributed by atoms with Crippen LogP contribution in [0.25, 0.3) is 0 Å². The highest BCUT2D eigenvalue weighted by Crippen LogP contribution is 2.13. The summed E-state index contributed by atoms with van der Waals surface area (Å²) >= 11 is 1.42. The number of sulfonamides is 1. The van der Waals surface area contributed by atoms with Gasteiger partial charge in [0, 0.05) is 5.75 Å². The van der Waals surface area contributed by atoms with Gasteiger partial charge in [-0.2, -0.15) is 0 Å². The maximum Gasteiger partial charge on any atom is 0.257 e. The second kappa shape index (κ2) is 8.14. The average molecular weight is 350 g/mol. The van der Waals surface area contributed by atoms with E-state index in [0.717, 1.165) is 5.56 Å². The number of hydrogen-bond donors (Lipinski definition) is 2. The average Bonchev–Trinajstić information content (AvgIpc) is 2.54. The van der Waals surface area contributed by atoms with Crippen LogP contribution in [0.15, 0.2) is 59.5 Å². The fourth-order valence-corrected chi connectivity index (χ4v) is 3.80. The van der Waals surface area contributed by atoms with Crippen LogP contribution in [0.3, 0.4) is 0 Å². The summed E-state index contributed by atoms with van der Waals surface area (Å²) < 4.78 is 24.2. The zero-order valence-corrected chi connectivity index (χ0v) is 14.3. The summed E-state index contributed by atoms with van der Waals surface area (Å²) in [6.45, 7) is 1.70. The fourth-order valence-electron chi connectivity index (χ4n) is 1.91. The smallest absolute Gasteiger partial charge is 0.257 e. The Morgan fingerprint density at radius 1 is 1.04 bits per heavy atom. The minimum Gasteiger partial charge on any atom is -0.277 e. The maximum absolute atomic E-state index is 12.1. The first-order valence-corrected chi connectivity index (χ1v) is 9.61. The van der Waals surface area contributed by atoms with Crippen molar-refractivity contribution in [1.82, 2.24) is 10.3 Å². The lowest BCUT2D eigenvalue weighted by Gasteiger charge is -2.10. The largest absolute Gasteiger partial charge is 0.277 e. The molecular formula is C16H18N2O3S2. The van der Waals surface area contributed by atoms with E-state index in [4.69, 9.17) is 0 Å². The zero-order valence-electron chi connectivity index (χ0n) is 12.7. The van der Waals surface area contributed by atoms with Crippen molar-refractivity contribution in [2.45, 2.75) is 17.6 Å². The first-order chi connectivity index (χ1) is 11.0. The van der Waals surface area contributed by atoms with Gasteiger partial charge in [-0.3, -0.25) is 10.2 Å². The van der Waals surface area contributed by atoms with E-state index in [-0.39, 0.29) is 16.6 Å². The lowest BCUT2D eigenvalue weighted by molar-refractivity contribution is -0.119. The van der Waals surface area contributed by atoms with Gasteiger partial charge in [-0.25, -0.2) is 8.42 Å². The Balaban J connectivity index is 1.81. The second-order valence-electron chi connectivity index (χ2n) is 4.90. The molecule has 2 aromatic carbocycles. The summed E-state index contributed by atoms with van der Waals surface area (Å²) in [7, 11) is -3.75. The van der Waals surface area contributed by atoms with Gasteiger partial charge in [-0.15, -0.1) is 16.6 Å². The predicted molar refractivity (Wildman–Crippen MR) is 92.2 cm³/mol. The van der Waals surface area contributed by atoms with Gasteiger partial charge in [0.1, 0.15) is 0 Å². The van der Waals surface area contributed by atoms with E-state index in [1.54, 1.807) is 25.1 Å². The number of thioether (sulfide) groups is 1. The summed E-state index contributed by atoms with van der Waals surface area (Å²) in [5.41, 5.74) is 3.97. The number of nitrogens with one attached hydrogen (secondary N) is 2. The molecule has 2 N–H and O–H groups in total. The molecule has 0 fully saturated rings. The molecule has 1 amide bonds. The molecule has 0 bridgehead atoms. The summed E-state index contributed by atoms with van der Waals surface area (Å²) in [6.07, 6.45) is 0. The summed E-state index contributed by atoms with van der Waals surface area (Å²) in [4.78, 5) is 14.0. The fraction of sp³-hybridized carbons (Fsp3) is 0.188. The molecule has 0 saturated heterocycles. The van der Waals surface area contributed by atoms with E-state index in [9.17, 15) is 13.2 Å². The molecule has 0 spiro atoms. The van der Waals surface area contributed by atoms with E-state index < -0.39 is 10.0 Å². The standard InChI is InChI=1S/C16H18N2O3S2/c1-13-7-5-6-10-15(13)23(20,21)18-17-16(19)12-22-11-14-8-3-2-4-9-14/h2-10,18H,11-12H2,1H3,(H,17,19). The molecule has 0 saturated carbocycles. The molecule has 0 unspecified atom stereocenters. The number of aryl methyl sites for hydroxylation is 1. The normalized spacial score (nSPS) is 11.2. The van der Waals surface area contributed by atoms with Crippen LogP contribution in [-0.4, -0.2) is 20.1 Å². The van der Waals surface area contributed by atoms with Crippen molar-refractivity contribution in [1.29, 1.82) is 0 Å². The van der Waals surface area contributed by atoms with E-state index in [2.05, 4.69) is 10.3 Å². The number of hydrazine groups is 1. The van der Waals surface area contributed by atoms with Gasteiger partial charge >= 0.3 is 0 Å². The predicted octanol–water partition coefficient (Wildman–Crippen LogP) is 2.24. The summed E-state index contributed by atoms with van der Waals surface area (Å²) in [5.74, 6) is 0.479. The molecule has 23 heavy (non-hydrogen) atoms. The molecule has 7 heteroatoms. The van der Waals surface area contributed by atoms with E-state index >= 15 is 0 Å². The highest BCUT2D eigenvalue weighted by molar-refractivity contribution is 7.99. The van der Waals surface area contributed by atoms with Gasteiger partial charge in [-0.1, -0.05) is 48.5 Å². The Morgan fingerprint density at radius 3 is 2.39 bits per heavy atom. The molecule has 0 radical (unpaired) electrons. The highest BCUT2D eigenvalue weighted by Gasteiger charge is 2.16. The number of hydrogen-bond acceptors (Lipinski definition) is 4. The highest BCUT2D eigenvalue weighted by atomic mass is 32.2. The molecule has 0 aliphatic carbocycles. The van der Waals surface area contributed by atoms with Gasteiger partial charge in [0.25, 0.3) is 10.0 Å². The number of benzene rings is 2. The third-order valence-electron chi connectivity index (χ3n) is 3.05. The summed E-state index contributed by atoms with van der Waals surface area (Å²) in [6, 6.07) is 16.4. The zero-order chi connectivity index (χ0) is 16.7. The first-order valence-electron chi connectivity index (χ1n) is 6.97. The monoisotopic (exact) mass is 350 g/mol. The molecule has 0 aliphatic heterocycles. The number of carbonyl (C=O) groups excluding carboxylic acids is 1. The third kappa shape index (κ3) is 5.38. The minimum atomic E-state index is -3.75. The number of carbonyl (C=O) groups is 1. The molecule has 5 nitrogen and oxygen atoms in total. The molecular weight excluding hydrogens is 332 g/mol. The molecule has 0 aromatic heterocycles. The van der Waals surface area contributed by atoms with Crippen LogP contribution in [0.4, 0.5) is 0 Å². The number of amides is 1. The molecule has 122 valence electrons. The topological polar surface area (TPSA) is 75.3 Å². The van der Waals surface area contributed by atoms with Gasteiger partial charge in [0.05, 0.1) is 10.6 Å². The van der Waals surface area contributed by atoms with Crippen molar-refractivity contribution in [2.24, 2.45) is 0 Å². The second-order valence-corrected chi connectivity index (χ2v) is 7.53. The Kier molecular flexibility index (Phi) is 6.20. The summed E-state index contributed by atoms with van der Waals surface area (Å²) in [5, 5.41) is 0. The van der Waals surface area contributed by atoms with Crippen molar-refractivity contribution in [3.63, 3.8) is 0 Å². The SMILES string of the molecule is Cc1ccccc1S(=O)(=O)NNC(=O)CSCc1ccccc1. The van der Waals surface area contributed by atoms with Crippen molar-refractivity contribution >= 4 is 27.7 Å². The van der Waals surface area contributed by atoms with Gasteiger partial charge < -0.3 is 0 Å². The Hall–Kier alpha value is -1.83. The molecule has 2 aromatic rings. The van der Waals surface area contributed by atoms with Gasteiger partial charge in [0.2, 0.25) is 5.91 Å². The van der Waals surface area contributed by atoms with Crippen LogP contribution >= 0.6 is 11.8 Å². The lowest BCUT2D eigenvalue weighted by atomic mass is 10.2. The minimum absolute atomic E-state index is 0.150. The Morgan fingerprint density at radius 2 is 1.70 bits per heavy atom. The lowest BCUT2D eigenvalue weighted by Crippen LogP contribution is -2.42. The van der Waals surface area contributed by atoms with E-state index in [1.807, 2.05) is 30.3 Å². The van der Waals surface area contributed by atoms with Crippen LogP contribution < -0.4 is 10.3 Å². The van der Waals surface area contributed by atoms with E-state index in [1.165, 1.54) is 17.8 Å². The van der Waals surface area contributed by atoms with Crippen LogP contribution in [0, 0.1) is 6.92 Å². The van der Waals surface area contributed by atoms with Gasteiger partial charge in [-0.05, 0) is 24.1 Å². The third-order valence-corrected chi connectivity index (χ3v) is 5.46. The molecule has 0 heterocycles. The van der Waals surface area contributed by atoms with E-state index in [0.29, 0.717) is 11.3 Å². The van der Waals surface area contributed by atoms with Crippen molar-refractivity contribution in [3.05, 3.63) is 65.7 Å². The molecule has 0 aliphatic rings. The van der Waals surface area contributed by atoms with Crippen LogP contribution in [0.2, 0.25) is 0 Å². The van der Waals surface area contributed by atoms with Crippen molar-refractivity contribution in [3.8, 4) is 0 Å². The Bertz CT molecular complexity index is 762. The van der Waals surface area contributed by atoms with Gasteiger partial charge in [0.15, 0.2) is 0 Å². The molecule has 2 rings (SSSR count). The van der Waals surface area contributed by atoms with Crippen molar-refractivity contribution in [2.75, 3.05) is 5.75 Å². The maximum atomic E-state index is 12.1. The molecule has 0 atom stereocenters. The van der Waals surface area contributed by atoms with Crippen LogP contribution in [0.1, 0.15) is 11.1 Å². The first kappa shape index (κ1) is 17.5. The number of rotatable bonds is 7. The van der Waals surface area contributed by atoms with Crippen molar-refractivity contribution < 1.29 is 13.2 Å². The van der Waals surface area contributed by atoms with Crippen LogP contribution in [-0.2, 0) is 20.6 Å². The Labute approximate surface area is 140 Å².